The molecule has 0 bridgehead atoms. The lowest BCUT2D eigenvalue weighted by Crippen LogP contribution is -2.34. The van der Waals surface area contributed by atoms with E-state index in [9.17, 15) is 9.59 Å². The Kier molecular flexibility index (Phi) is 4.79. The number of rotatable bonds is 6. The summed E-state index contributed by atoms with van der Waals surface area (Å²) in [5, 5.41) is 7.17. The van der Waals surface area contributed by atoms with Crippen LogP contribution in [0.2, 0.25) is 0 Å². The van der Waals surface area contributed by atoms with Gasteiger partial charge in [0, 0.05) is 18.2 Å². The van der Waals surface area contributed by atoms with Gasteiger partial charge in [-0.1, -0.05) is 18.2 Å². The van der Waals surface area contributed by atoms with Crippen molar-refractivity contribution in [3.8, 4) is 5.69 Å². The second-order valence-corrected chi connectivity index (χ2v) is 5.90. The number of hydrogen-bond acceptors (Lipinski definition) is 4. The topological polar surface area (TPSA) is 77.1 Å². The number of aromatic nitrogens is 2. The van der Waals surface area contributed by atoms with E-state index in [1.54, 1.807) is 29.8 Å². The summed E-state index contributed by atoms with van der Waals surface area (Å²) >= 11 is 0. The molecule has 0 spiro atoms. The summed E-state index contributed by atoms with van der Waals surface area (Å²) in [4.78, 5) is 24.4. The number of para-hydroxylation sites is 1. The van der Waals surface area contributed by atoms with Gasteiger partial charge in [-0.3, -0.25) is 9.59 Å². The van der Waals surface area contributed by atoms with E-state index < -0.39 is 0 Å². The third-order valence-electron chi connectivity index (χ3n) is 3.79. The van der Waals surface area contributed by atoms with Crippen LogP contribution in [-0.4, -0.2) is 27.5 Å². The molecular formula is C19H19N3O3. The summed E-state index contributed by atoms with van der Waals surface area (Å²) in [6, 6.07) is 14.3. The van der Waals surface area contributed by atoms with Crippen LogP contribution in [0.15, 0.2) is 59.2 Å². The Bertz CT molecular complexity index is 867. The van der Waals surface area contributed by atoms with Gasteiger partial charge in [0.1, 0.15) is 0 Å². The zero-order chi connectivity index (χ0) is 17.8. The lowest BCUT2D eigenvalue weighted by Gasteiger charge is -2.11. The number of aryl methyl sites for hydroxylation is 1. The number of ketones is 1. The molecule has 0 saturated carbocycles. The Morgan fingerprint density at radius 3 is 2.64 bits per heavy atom. The van der Waals surface area contributed by atoms with Crippen LogP contribution in [0.3, 0.4) is 0 Å². The molecule has 128 valence electrons. The Labute approximate surface area is 145 Å². The van der Waals surface area contributed by atoms with Crippen LogP contribution in [0, 0.1) is 6.92 Å². The summed E-state index contributed by atoms with van der Waals surface area (Å²) in [5.41, 5.74) is 2.06. The third kappa shape index (κ3) is 3.85. The number of furan rings is 1. The van der Waals surface area contributed by atoms with Crippen LogP contribution < -0.4 is 5.32 Å². The van der Waals surface area contributed by atoms with E-state index in [4.69, 9.17) is 4.42 Å². The summed E-state index contributed by atoms with van der Waals surface area (Å²) in [6.07, 6.45) is 1.62. The number of carbonyl (C=O) groups is 2. The highest BCUT2D eigenvalue weighted by atomic mass is 16.3. The van der Waals surface area contributed by atoms with Gasteiger partial charge in [-0.15, -0.1) is 0 Å². The lowest BCUT2D eigenvalue weighted by atomic mass is 10.1. The van der Waals surface area contributed by atoms with Gasteiger partial charge in [-0.05, 0) is 44.2 Å². The Balaban J connectivity index is 1.66. The van der Waals surface area contributed by atoms with Crippen LogP contribution in [0.25, 0.3) is 5.69 Å². The van der Waals surface area contributed by atoms with E-state index in [0.29, 0.717) is 11.5 Å². The zero-order valence-corrected chi connectivity index (χ0v) is 14.1. The highest BCUT2D eigenvalue weighted by Crippen LogP contribution is 2.12. The van der Waals surface area contributed by atoms with Gasteiger partial charge >= 0.3 is 0 Å². The van der Waals surface area contributed by atoms with Crippen LogP contribution >= 0.6 is 0 Å². The second-order valence-electron chi connectivity index (χ2n) is 5.90. The fourth-order valence-corrected chi connectivity index (χ4v) is 2.58. The first-order valence-corrected chi connectivity index (χ1v) is 8.04. The first kappa shape index (κ1) is 16.7. The van der Waals surface area contributed by atoms with Crippen LogP contribution in [0.4, 0.5) is 0 Å². The molecule has 0 unspecified atom stereocenters. The minimum Gasteiger partial charge on any atom is -0.461 e. The quantitative estimate of drug-likeness (QED) is 0.701. The fraction of sp³-hybridized carbons (Fsp3) is 0.211. The van der Waals surface area contributed by atoms with Gasteiger partial charge in [0.25, 0.3) is 5.91 Å². The molecule has 25 heavy (non-hydrogen) atoms. The van der Waals surface area contributed by atoms with E-state index >= 15 is 0 Å². The zero-order valence-electron chi connectivity index (χ0n) is 14.1. The summed E-state index contributed by atoms with van der Waals surface area (Å²) in [5.74, 6) is -0.161. The van der Waals surface area contributed by atoms with Gasteiger partial charge in [-0.2, -0.15) is 5.10 Å². The third-order valence-corrected chi connectivity index (χ3v) is 3.79. The van der Waals surface area contributed by atoms with Gasteiger partial charge in [-0.25, -0.2) is 4.68 Å². The Morgan fingerprint density at radius 1 is 1.20 bits per heavy atom. The maximum Gasteiger partial charge on any atom is 0.272 e. The minimum absolute atomic E-state index is 0.149. The van der Waals surface area contributed by atoms with E-state index in [1.165, 1.54) is 6.26 Å². The standard InChI is InChI=1S/C19H19N3O3/c1-13(11-17(23)18-9-6-10-25-18)20-19(24)16-12-14(2)22(21-16)15-7-4-3-5-8-15/h3-10,12-13H,11H2,1-2H3,(H,20,24)/t13-/m0/s1. The van der Waals surface area contributed by atoms with Crippen molar-refractivity contribution in [2.45, 2.75) is 26.3 Å². The molecule has 6 nitrogen and oxygen atoms in total. The number of benzene rings is 1. The summed E-state index contributed by atoms with van der Waals surface area (Å²) < 4.78 is 6.79. The molecule has 1 aromatic carbocycles. The average Bonchev–Trinajstić information content (AvgIpc) is 3.25. The van der Waals surface area contributed by atoms with Crippen molar-refractivity contribution in [3.63, 3.8) is 0 Å². The first-order chi connectivity index (χ1) is 12.0. The molecule has 2 heterocycles. The Morgan fingerprint density at radius 2 is 1.96 bits per heavy atom. The SMILES string of the molecule is Cc1cc(C(=O)N[C@@H](C)CC(=O)c2ccco2)nn1-c1ccccc1. The number of hydrogen-bond donors (Lipinski definition) is 1. The molecule has 1 atom stereocenters. The molecule has 0 radical (unpaired) electrons. The van der Waals surface area contributed by atoms with Crippen molar-refractivity contribution in [2.24, 2.45) is 0 Å². The molecule has 0 fully saturated rings. The smallest absolute Gasteiger partial charge is 0.272 e. The normalized spacial score (nSPS) is 11.9. The van der Waals surface area contributed by atoms with Crippen molar-refractivity contribution in [2.75, 3.05) is 0 Å². The maximum absolute atomic E-state index is 12.4. The van der Waals surface area contributed by atoms with Crippen molar-refractivity contribution in [3.05, 3.63) is 71.9 Å². The van der Waals surface area contributed by atoms with Gasteiger partial charge in [0.15, 0.2) is 17.2 Å². The van der Waals surface area contributed by atoms with Crippen LogP contribution in [0.1, 0.15) is 40.1 Å². The number of amides is 1. The number of carbonyl (C=O) groups excluding carboxylic acids is 2. The monoisotopic (exact) mass is 337 g/mol. The molecule has 0 aliphatic carbocycles. The molecule has 0 aliphatic heterocycles. The highest BCUT2D eigenvalue weighted by molar-refractivity contribution is 5.95. The van der Waals surface area contributed by atoms with E-state index in [-0.39, 0.29) is 24.2 Å². The largest absolute Gasteiger partial charge is 0.461 e. The molecule has 6 heteroatoms. The van der Waals surface area contributed by atoms with Crippen molar-refractivity contribution in [1.29, 1.82) is 0 Å². The predicted molar refractivity (Wildman–Crippen MR) is 92.9 cm³/mol. The van der Waals surface area contributed by atoms with Crippen molar-refractivity contribution >= 4 is 11.7 Å². The average molecular weight is 337 g/mol. The van der Waals surface area contributed by atoms with Crippen LogP contribution in [-0.2, 0) is 0 Å². The second kappa shape index (κ2) is 7.17. The molecule has 3 rings (SSSR count). The van der Waals surface area contributed by atoms with Gasteiger partial charge < -0.3 is 9.73 Å². The van der Waals surface area contributed by atoms with Crippen LogP contribution in [0.5, 0.6) is 0 Å². The lowest BCUT2D eigenvalue weighted by molar-refractivity contribution is 0.0904. The minimum atomic E-state index is -0.327. The van der Waals surface area contributed by atoms with Crippen molar-refractivity contribution < 1.29 is 14.0 Å². The number of nitrogens with zero attached hydrogens (tertiary/aromatic N) is 2. The van der Waals surface area contributed by atoms with Gasteiger partial charge in [0.2, 0.25) is 0 Å². The van der Waals surface area contributed by atoms with E-state index in [0.717, 1.165) is 11.4 Å². The number of nitrogens with one attached hydrogen (secondary N) is 1. The number of Topliss-reactive ketones (excluding diaryl/α,β-unsaturated/α-hetero) is 1. The molecule has 3 aromatic rings. The summed E-state index contributed by atoms with van der Waals surface area (Å²) in [7, 11) is 0. The fourth-order valence-electron chi connectivity index (χ4n) is 2.58. The van der Waals surface area contributed by atoms with Gasteiger partial charge in [0.05, 0.1) is 12.0 Å². The first-order valence-electron chi connectivity index (χ1n) is 8.04. The maximum atomic E-state index is 12.4. The molecule has 1 amide bonds. The Hall–Kier alpha value is -3.15. The van der Waals surface area contributed by atoms with E-state index in [1.807, 2.05) is 37.3 Å². The molecule has 2 aromatic heterocycles. The predicted octanol–water partition coefficient (Wildman–Crippen LogP) is 3.17. The van der Waals surface area contributed by atoms with Crippen molar-refractivity contribution in [1.82, 2.24) is 15.1 Å². The molecule has 0 saturated heterocycles. The highest BCUT2D eigenvalue weighted by Gasteiger charge is 2.18. The molecule has 1 N–H and O–H groups in total. The van der Waals surface area contributed by atoms with E-state index in [2.05, 4.69) is 10.4 Å². The molecular weight excluding hydrogens is 318 g/mol. The molecule has 0 aliphatic rings. The summed E-state index contributed by atoms with van der Waals surface area (Å²) in [6.45, 7) is 3.67.